The molecule has 0 bridgehead atoms. The van der Waals surface area contributed by atoms with E-state index in [0.717, 1.165) is 0 Å². The van der Waals surface area contributed by atoms with Gasteiger partial charge in [0.2, 0.25) is 0 Å². The third-order valence-electron chi connectivity index (χ3n) is 0.932. The predicted octanol–water partition coefficient (Wildman–Crippen LogP) is 1.53. The number of aliphatic hydroxyl groups excluding tert-OH is 1. The second-order valence-corrected chi connectivity index (χ2v) is 2.69. The zero-order valence-corrected chi connectivity index (χ0v) is 6.30. The first kappa shape index (κ1) is 9.30. The molecule has 0 radical (unpaired) electrons. The van der Waals surface area contributed by atoms with Crippen molar-refractivity contribution < 1.29 is 15.0 Å². The minimum atomic E-state index is -1.13. The molecule has 0 aromatic rings. The number of carbonyl (C=O) groups is 1. The average Bonchev–Trinajstić information content (AvgIpc) is 1.81. The summed E-state index contributed by atoms with van der Waals surface area (Å²) in [5.41, 5.74) is -0.0671. The van der Waals surface area contributed by atoms with Gasteiger partial charge in [-0.1, -0.05) is 0 Å². The summed E-state index contributed by atoms with van der Waals surface area (Å²) in [6.07, 6.45) is 0.745. The number of halogens is 1. The molecule has 0 saturated heterocycles. The molecular weight excluding hydrogens is 156 g/mol. The Bertz CT molecular complexity index is 151. The van der Waals surface area contributed by atoms with Crippen LogP contribution in [0, 0.1) is 0 Å². The van der Waals surface area contributed by atoms with Gasteiger partial charge in [-0.05, 0) is 13.3 Å². The quantitative estimate of drug-likeness (QED) is 0.378. The number of carboxylic acid groups (broad SMARTS) is 1. The number of carboxylic acids is 1. The summed E-state index contributed by atoms with van der Waals surface area (Å²) in [4.78, 5) is 10.2. The molecule has 2 N–H and O–H groups in total. The van der Waals surface area contributed by atoms with Crippen LogP contribution in [-0.2, 0) is 4.79 Å². The maximum atomic E-state index is 10.2. The number of aliphatic carboxylic acids is 1. The van der Waals surface area contributed by atoms with Gasteiger partial charge in [0.15, 0.2) is 0 Å². The Morgan fingerprint density at radius 2 is 2.30 bits per heavy atom. The number of hydrogen-bond acceptors (Lipinski definition) is 2. The van der Waals surface area contributed by atoms with E-state index < -0.39 is 5.97 Å². The van der Waals surface area contributed by atoms with Gasteiger partial charge >= 0.3 is 5.97 Å². The van der Waals surface area contributed by atoms with E-state index in [1.807, 2.05) is 0 Å². The Labute approximate surface area is 63.9 Å². The molecule has 0 aliphatic rings. The third kappa shape index (κ3) is 3.35. The lowest BCUT2D eigenvalue weighted by molar-refractivity contribution is -0.132. The van der Waals surface area contributed by atoms with Gasteiger partial charge in [-0.3, -0.25) is 0 Å². The van der Waals surface area contributed by atoms with E-state index in [1.165, 1.54) is 0 Å². The first-order valence-electron chi connectivity index (χ1n) is 2.78. The fourth-order valence-corrected chi connectivity index (χ4v) is 0.665. The third-order valence-corrected chi connectivity index (χ3v) is 1.09. The average molecular weight is 165 g/mol. The molecule has 58 valence electrons. The van der Waals surface area contributed by atoms with Gasteiger partial charge in [0.05, 0.1) is 11.8 Å². The van der Waals surface area contributed by atoms with Crippen LogP contribution in [-0.4, -0.2) is 21.6 Å². The van der Waals surface area contributed by atoms with Crippen molar-refractivity contribution >= 4 is 17.6 Å². The Kier molecular flexibility index (Phi) is 3.88. The number of alkyl halides is 1. The van der Waals surface area contributed by atoms with Crippen molar-refractivity contribution in [2.24, 2.45) is 0 Å². The summed E-state index contributed by atoms with van der Waals surface area (Å²) < 4.78 is 0. The Morgan fingerprint density at radius 1 is 1.80 bits per heavy atom. The van der Waals surface area contributed by atoms with Crippen LogP contribution in [0.2, 0.25) is 0 Å². The van der Waals surface area contributed by atoms with Crippen LogP contribution in [0.15, 0.2) is 11.8 Å². The lowest BCUT2D eigenvalue weighted by Crippen LogP contribution is -2.05. The summed E-state index contributed by atoms with van der Waals surface area (Å²) >= 11 is 5.48. The Balaban J connectivity index is 3.99. The van der Waals surface area contributed by atoms with Gasteiger partial charge in [0.1, 0.15) is 0 Å². The molecule has 1 unspecified atom stereocenters. The molecule has 0 aromatic heterocycles. The van der Waals surface area contributed by atoms with Crippen LogP contribution in [0.4, 0.5) is 0 Å². The van der Waals surface area contributed by atoms with Gasteiger partial charge < -0.3 is 10.2 Å². The van der Waals surface area contributed by atoms with Crippen molar-refractivity contribution in [1.82, 2.24) is 0 Å². The normalized spacial score (nSPS) is 14.8. The van der Waals surface area contributed by atoms with E-state index in [0.29, 0.717) is 6.26 Å². The van der Waals surface area contributed by atoms with Crippen LogP contribution < -0.4 is 0 Å². The fraction of sp³-hybridized carbons (Fsp3) is 0.500. The van der Waals surface area contributed by atoms with Gasteiger partial charge in [-0.15, -0.1) is 11.6 Å². The van der Waals surface area contributed by atoms with Crippen molar-refractivity contribution in [2.75, 3.05) is 0 Å². The highest BCUT2D eigenvalue weighted by molar-refractivity contribution is 6.20. The molecule has 0 heterocycles. The van der Waals surface area contributed by atoms with E-state index in [2.05, 4.69) is 0 Å². The van der Waals surface area contributed by atoms with Gasteiger partial charge in [-0.2, -0.15) is 0 Å². The topological polar surface area (TPSA) is 57.5 Å². The highest BCUT2D eigenvalue weighted by Gasteiger charge is 2.09. The summed E-state index contributed by atoms with van der Waals surface area (Å²) in [6.45, 7) is 1.66. The van der Waals surface area contributed by atoms with Crippen LogP contribution >= 0.6 is 11.6 Å². The lowest BCUT2D eigenvalue weighted by atomic mass is 10.2. The largest absolute Gasteiger partial charge is 0.515 e. The minimum Gasteiger partial charge on any atom is -0.515 e. The van der Waals surface area contributed by atoms with Gasteiger partial charge in [0.25, 0.3) is 0 Å². The van der Waals surface area contributed by atoms with Crippen LogP contribution in [0.25, 0.3) is 0 Å². The van der Waals surface area contributed by atoms with Crippen LogP contribution in [0.5, 0.6) is 0 Å². The molecule has 0 spiro atoms. The number of hydrogen-bond donors (Lipinski definition) is 2. The van der Waals surface area contributed by atoms with Crippen LogP contribution in [0.3, 0.4) is 0 Å². The summed E-state index contributed by atoms with van der Waals surface area (Å²) in [6, 6.07) is 0. The first-order valence-corrected chi connectivity index (χ1v) is 3.22. The molecule has 0 fully saturated rings. The molecule has 0 saturated carbocycles. The molecule has 1 atom stereocenters. The minimum absolute atomic E-state index is 0.0671. The molecule has 0 aliphatic carbocycles. The Morgan fingerprint density at radius 3 is 2.40 bits per heavy atom. The standard InChI is InChI=1S/C6H9ClO3/c1-4(7)2-5(3-8)6(9)10/h3-4,8H,2H2,1H3,(H,9,10). The zero-order chi connectivity index (χ0) is 8.15. The highest BCUT2D eigenvalue weighted by atomic mass is 35.5. The van der Waals surface area contributed by atoms with Gasteiger partial charge in [0, 0.05) is 5.38 Å². The maximum Gasteiger partial charge on any atom is 0.334 e. The highest BCUT2D eigenvalue weighted by Crippen LogP contribution is 2.09. The SMILES string of the molecule is CC(Cl)CC(=CO)C(=O)O. The molecule has 4 heteroatoms. The summed E-state index contributed by atoms with van der Waals surface area (Å²) in [7, 11) is 0. The van der Waals surface area contributed by atoms with E-state index in [9.17, 15) is 4.79 Å². The van der Waals surface area contributed by atoms with E-state index in [1.54, 1.807) is 6.92 Å². The number of rotatable bonds is 3. The molecule has 0 aromatic carbocycles. The second-order valence-electron chi connectivity index (χ2n) is 1.94. The monoisotopic (exact) mass is 164 g/mol. The molecular formula is C6H9ClO3. The molecule has 3 nitrogen and oxygen atoms in total. The van der Waals surface area contributed by atoms with Crippen molar-refractivity contribution in [1.29, 1.82) is 0 Å². The van der Waals surface area contributed by atoms with E-state index in [-0.39, 0.29) is 17.4 Å². The van der Waals surface area contributed by atoms with Crippen molar-refractivity contribution in [3.05, 3.63) is 11.8 Å². The van der Waals surface area contributed by atoms with Crippen molar-refractivity contribution in [3.8, 4) is 0 Å². The first-order chi connectivity index (χ1) is 4.57. The molecule has 0 amide bonds. The van der Waals surface area contributed by atoms with Gasteiger partial charge in [-0.25, -0.2) is 4.79 Å². The number of aliphatic hydroxyl groups is 1. The van der Waals surface area contributed by atoms with Crippen molar-refractivity contribution in [2.45, 2.75) is 18.7 Å². The predicted molar refractivity (Wildman–Crippen MR) is 38.3 cm³/mol. The summed E-state index contributed by atoms with van der Waals surface area (Å²) in [5, 5.41) is 16.4. The molecule has 10 heavy (non-hydrogen) atoms. The molecule has 0 aliphatic heterocycles. The Hall–Kier alpha value is -0.700. The van der Waals surface area contributed by atoms with Crippen LogP contribution in [0.1, 0.15) is 13.3 Å². The maximum absolute atomic E-state index is 10.2. The lowest BCUT2D eigenvalue weighted by Gasteiger charge is -2.00. The zero-order valence-electron chi connectivity index (χ0n) is 5.54. The van der Waals surface area contributed by atoms with Crippen molar-refractivity contribution in [3.63, 3.8) is 0 Å². The second kappa shape index (κ2) is 4.17. The fourth-order valence-electron chi connectivity index (χ4n) is 0.498. The summed E-state index contributed by atoms with van der Waals surface area (Å²) in [5.74, 6) is -1.13. The molecule has 0 rings (SSSR count). The smallest absolute Gasteiger partial charge is 0.334 e. The van der Waals surface area contributed by atoms with E-state index in [4.69, 9.17) is 21.8 Å². The van der Waals surface area contributed by atoms with E-state index >= 15 is 0 Å².